The molecule has 0 bridgehead atoms. The van der Waals surface area contributed by atoms with E-state index in [9.17, 15) is 4.79 Å². The number of H-pyrrole nitrogens is 1. The van der Waals surface area contributed by atoms with E-state index in [4.69, 9.17) is 9.15 Å². The van der Waals surface area contributed by atoms with Crippen LogP contribution in [0.1, 0.15) is 13.8 Å². The Labute approximate surface area is 86.9 Å². The quantitative estimate of drug-likeness (QED) is 0.839. The molecule has 1 heterocycles. The number of hydrogen-bond donors (Lipinski definition) is 1. The third-order valence-corrected chi connectivity index (χ3v) is 1.99. The zero-order valence-electron chi connectivity index (χ0n) is 8.74. The molecule has 1 aromatic heterocycles. The summed E-state index contributed by atoms with van der Waals surface area (Å²) in [7, 11) is 0. The van der Waals surface area contributed by atoms with Gasteiger partial charge in [0.15, 0.2) is 5.58 Å². The number of aromatic amines is 1. The van der Waals surface area contributed by atoms with Crippen molar-refractivity contribution < 1.29 is 9.15 Å². The van der Waals surface area contributed by atoms with Crippen LogP contribution in [0.3, 0.4) is 0 Å². The molecule has 0 atom stereocenters. The summed E-state index contributed by atoms with van der Waals surface area (Å²) in [6, 6.07) is 5.35. The average Bonchev–Trinajstić information content (AvgIpc) is 2.55. The van der Waals surface area contributed by atoms with E-state index < -0.39 is 5.76 Å². The topological polar surface area (TPSA) is 55.2 Å². The minimum absolute atomic E-state index is 0.443. The van der Waals surface area contributed by atoms with Crippen LogP contribution in [-0.4, -0.2) is 11.6 Å². The monoisotopic (exact) mass is 207 g/mol. The first-order valence-electron chi connectivity index (χ1n) is 4.91. The van der Waals surface area contributed by atoms with E-state index in [1.165, 1.54) is 0 Å². The van der Waals surface area contributed by atoms with Gasteiger partial charge < -0.3 is 9.15 Å². The predicted octanol–water partition coefficient (Wildman–Crippen LogP) is 2.16. The Hall–Kier alpha value is -1.71. The van der Waals surface area contributed by atoms with Gasteiger partial charge in [-0.15, -0.1) is 0 Å². The van der Waals surface area contributed by atoms with Gasteiger partial charge in [0.05, 0.1) is 6.61 Å². The maximum atomic E-state index is 11.0. The van der Waals surface area contributed by atoms with Crippen LogP contribution in [0.15, 0.2) is 27.4 Å². The maximum absolute atomic E-state index is 11.0. The highest BCUT2D eigenvalue weighted by Gasteiger charge is 2.07. The van der Waals surface area contributed by atoms with Crippen LogP contribution >= 0.6 is 0 Å². The Morgan fingerprint density at radius 3 is 3.00 bits per heavy atom. The van der Waals surface area contributed by atoms with E-state index in [-0.39, 0.29) is 0 Å². The molecule has 4 nitrogen and oxygen atoms in total. The third kappa shape index (κ3) is 2.03. The summed E-state index contributed by atoms with van der Waals surface area (Å²) in [4.78, 5) is 13.6. The standard InChI is InChI=1S/C11H13NO3/c1-7(2)6-14-8-4-3-5-9-10(8)12-11(13)15-9/h3-5,7H,6H2,1-2H3,(H,12,13). The number of fused-ring (bicyclic) bond motifs is 1. The van der Waals surface area contributed by atoms with Crippen LogP contribution in [0, 0.1) is 5.92 Å². The second-order valence-electron chi connectivity index (χ2n) is 3.85. The van der Waals surface area contributed by atoms with Crippen LogP contribution in [0.4, 0.5) is 0 Å². The fourth-order valence-corrected chi connectivity index (χ4v) is 1.32. The van der Waals surface area contributed by atoms with Gasteiger partial charge in [-0.3, -0.25) is 4.98 Å². The van der Waals surface area contributed by atoms with E-state index in [0.717, 1.165) is 0 Å². The highest BCUT2D eigenvalue weighted by molar-refractivity contribution is 5.79. The number of benzene rings is 1. The summed E-state index contributed by atoms with van der Waals surface area (Å²) in [5.41, 5.74) is 1.16. The van der Waals surface area contributed by atoms with Crippen molar-refractivity contribution >= 4 is 11.1 Å². The fourth-order valence-electron chi connectivity index (χ4n) is 1.32. The number of nitrogens with one attached hydrogen (secondary N) is 1. The lowest BCUT2D eigenvalue weighted by atomic mass is 10.2. The molecule has 0 spiro atoms. The molecule has 0 radical (unpaired) electrons. The molecular weight excluding hydrogens is 194 g/mol. The molecule has 0 unspecified atom stereocenters. The molecule has 2 aromatic rings. The molecule has 0 amide bonds. The second-order valence-corrected chi connectivity index (χ2v) is 3.85. The van der Waals surface area contributed by atoms with Crippen LogP contribution < -0.4 is 10.5 Å². The summed E-state index contributed by atoms with van der Waals surface area (Å²) < 4.78 is 10.5. The number of rotatable bonds is 3. The number of oxazole rings is 1. The fraction of sp³-hybridized carbons (Fsp3) is 0.364. The lowest BCUT2D eigenvalue weighted by molar-refractivity contribution is 0.273. The summed E-state index contributed by atoms with van der Waals surface area (Å²) in [6.07, 6.45) is 0. The summed E-state index contributed by atoms with van der Waals surface area (Å²) >= 11 is 0. The van der Waals surface area contributed by atoms with Crippen molar-refractivity contribution in [2.45, 2.75) is 13.8 Å². The number of ether oxygens (including phenoxy) is 1. The Morgan fingerprint density at radius 2 is 2.27 bits per heavy atom. The van der Waals surface area contributed by atoms with Gasteiger partial charge in [0.1, 0.15) is 11.3 Å². The molecule has 0 aliphatic carbocycles. The van der Waals surface area contributed by atoms with E-state index in [2.05, 4.69) is 18.8 Å². The van der Waals surface area contributed by atoms with Gasteiger partial charge in [-0.25, -0.2) is 4.79 Å². The van der Waals surface area contributed by atoms with Crippen molar-refractivity contribution in [3.8, 4) is 5.75 Å². The zero-order valence-corrected chi connectivity index (χ0v) is 8.74. The van der Waals surface area contributed by atoms with Gasteiger partial charge in [-0.05, 0) is 18.1 Å². The van der Waals surface area contributed by atoms with Gasteiger partial charge in [0.25, 0.3) is 0 Å². The lowest BCUT2D eigenvalue weighted by Gasteiger charge is -2.08. The van der Waals surface area contributed by atoms with Crippen molar-refractivity contribution in [1.82, 2.24) is 4.98 Å². The smallest absolute Gasteiger partial charge is 0.417 e. The average molecular weight is 207 g/mol. The third-order valence-electron chi connectivity index (χ3n) is 1.99. The van der Waals surface area contributed by atoms with Crippen LogP contribution in [-0.2, 0) is 0 Å². The van der Waals surface area contributed by atoms with Gasteiger partial charge in [0.2, 0.25) is 0 Å². The van der Waals surface area contributed by atoms with Crippen molar-refractivity contribution in [2.75, 3.05) is 6.61 Å². The zero-order chi connectivity index (χ0) is 10.8. The molecule has 0 aliphatic heterocycles. The summed E-state index contributed by atoms with van der Waals surface area (Å²) in [5.74, 6) is 0.650. The van der Waals surface area contributed by atoms with E-state index >= 15 is 0 Å². The largest absolute Gasteiger partial charge is 0.491 e. The molecule has 15 heavy (non-hydrogen) atoms. The number of hydrogen-bond acceptors (Lipinski definition) is 3. The normalized spacial score (nSPS) is 11.1. The molecule has 2 rings (SSSR count). The van der Waals surface area contributed by atoms with Crippen molar-refractivity contribution in [1.29, 1.82) is 0 Å². The maximum Gasteiger partial charge on any atom is 0.417 e. The Balaban J connectivity index is 2.37. The van der Waals surface area contributed by atoms with Gasteiger partial charge in [-0.2, -0.15) is 0 Å². The van der Waals surface area contributed by atoms with Crippen LogP contribution in [0.2, 0.25) is 0 Å². The second kappa shape index (κ2) is 3.81. The summed E-state index contributed by atoms with van der Waals surface area (Å²) in [6.45, 7) is 4.75. The molecular formula is C11H13NO3. The SMILES string of the molecule is CC(C)COc1cccc2oc(=O)[nH]c12. The molecule has 0 aliphatic rings. The van der Waals surface area contributed by atoms with Gasteiger partial charge in [-0.1, -0.05) is 19.9 Å². The molecule has 0 fully saturated rings. The highest BCUT2D eigenvalue weighted by atomic mass is 16.5. The minimum atomic E-state index is -0.453. The Kier molecular flexibility index (Phi) is 2.49. The van der Waals surface area contributed by atoms with Gasteiger partial charge >= 0.3 is 5.76 Å². The Bertz CT molecular complexity index is 510. The minimum Gasteiger partial charge on any atom is -0.491 e. The first kappa shape index (κ1) is 9.83. The van der Waals surface area contributed by atoms with E-state index in [1.807, 2.05) is 6.07 Å². The molecule has 1 aromatic carbocycles. The predicted molar refractivity (Wildman–Crippen MR) is 57.2 cm³/mol. The van der Waals surface area contributed by atoms with Crippen LogP contribution in [0.25, 0.3) is 11.1 Å². The molecule has 0 saturated heterocycles. The van der Waals surface area contributed by atoms with Crippen molar-refractivity contribution in [2.24, 2.45) is 5.92 Å². The number of para-hydroxylation sites is 1. The first-order valence-corrected chi connectivity index (χ1v) is 4.91. The number of aromatic nitrogens is 1. The van der Waals surface area contributed by atoms with E-state index in [1.54, 1.807) is 12.1 Å². The molecule has 1 N–H and O–H groups in total. The summed E-state index contributed by atoms with van der Waals surface area (Å²) in [5, 5.41) is 0. The van der Waals surface area contributed by atoms with E-state index in [0.29, 0.717) is 29.4 Å². The molecule has 80 valence electrons. The van der Waals surface area contributed by atoms with Crippen LogP contribution in [0.5, 0.6) is 5.75 Å². The first-order chi connectivity index (χ1) is 7.16. The Morgan fingerprint density at radius 1 is 1.47 bits per heavy atom. The highest BCUT2D eigenvalue weighted by Crippen LogP contribution is 2.22. The molecule has 4 heteroatoms. The van der Waals surface area contributed by atoms with Gasteiger partial charge in [0, 0.05) is 0 Å². The van der Waals surface area contributed by atoms with Crippen molar-refractivity contribution in [3.63, 3.8) is 0 Å². The lowest BCUT2D eigenvalue weighted by Crippen LogP contribution is -2.05. The van der Waals surface area contributed by atoms with Crippen molar-refractivity contribution in [3.05, 3.63) is 28.7 Å². The molecule has 0 saturated carbocycles.